The molecule has 1 N–H and O–H groups in total. The molecular formula is C15H16BrNO2S. The molecule has 5 heteroatoms. The number of nitrogens with one attached hydrogen (secondary N) is 1. The fourth-order valence-electron chi connectivity index (χ4n) is 1.96. The highest BCUT2D eigenvalue weighted by molar-refractivity contribution is 9.10. The number of hydrogen-bond acceptors (Lipinski definition) is 2. The van der Waals surface area contributed by atoms with E-state index >= 15 is 0 Å². The van der Waals surface area contributed by atoms with Gasteiger partial charge in [-0.2, -0.15) is 0 Å². The molecule has 0 aromatic heterocycles. The Kier molecular flexibility index (Phi) is 4.96. The zero-order valence-corrected chi connectivity index (χ0v) is 13.5. The van der Waals surface area contributed by atoms with E-state index in [-0.39, 0.29) is 10.9 Å². The first kappa shape index (κ1) is 15.2. The van der Waals surface area contributed by atoms with Crippen molar-refractivity contribution in [2.24, 2.45) is 0 Å². The van der Waals surface area contributed by atoms with Crippen molar-refractivity contribution < 1.29 is 8.42 Å². The molecular weight excluding hydrogens is 338 g/mol. The summed E-state index contributed by atoms with van der Waals surface area (Å²) in [6, 6.07) is 16.3. The van der Waals surface area contributed by atoms with Crippen molar-refractivity contribution in [2.75, 3.05) is 0 Å². The van der Waals surface area contributed by atoms with Crippen molar-refractivity contribution in [3.63, 3.8) is 0 Å². The third-order valence-electron chi connectivity index (χ3n) is 2.86. The van der Waals surface area contributed by atoms with E-state index in [1.807, 2.05) is 37.3 Å². The molecule has 0 aliphatic heterocycles. The fourth-order valence-corrected chi connectivity index (χ4v) is 3.46. The fraction of sp³-hybridized carbons (Fsp3) is 0.200. The van der Waals surface area contributed by atoms with Crippen LogP contribution in [0.1, 0.15) is 12.5 Å². The van der Waals surface area contributed by atoms with Gasteiger partial charge in [-0.25, -0.2) is 13.1 Å². The van der Waals surface area contributed by atoms with Crippen LogP contribution >= 0.6 is 15.9 Å². The van der Waals surface area contributed by atoms with E-state index in [4.69, 9.17) is 0 Å². The van der Waals surface area contributed by atoms with Crippen LogP contribution in [0.2, 0.25) is 0 Å². The van der Waals surface area contributed by atoms with Gasteiger partial charge in [-0.15, -0.1) is 0 Å². The second-order valence-electron chi connectivity index (χ2n) is 4.67. The summed E-state index contributed by atoms with van der Waals surface area (Å²) in [4.78, 5) is 0.278. The Balaban J connectivity index is 2.06. The summed E-state index contributed by atoms with van der Waals surface area (Å²) in [5, 5.41) is 0. The van der Waals surface area contributed by atoms with E-state index in [2.05, 4.69) is 20.7 Å². The molecule has 3 nitrogen and oxygen atoms in total. The van der Waals surface area contributed by atoms with E-state index in [0.29, 0.717) is 6.42 Å². The van der Waals surface area contributed by atoms with Gasteiger partial charge in [0.15, 0.2) is 0 Å². The third kappa shape index (κ3) is 4.16. The molecule has 2 aromatic carbocycles. The van der Waals surface area contributed by atoms with Gasteiger partial charge in [0.1, 0.15) is 0 Å². The van der Waals surface area contributed by atoms with Crippen LogP contribution in [0.5, 0.6) is 0 Å². The van der Waals surface area contributed by atoms with Crippen LogP contribution < -0.4 is 4.72 Å². The molecule has 0 heterocycles. The zero-order chi connectivity index (χ0) is 14.6. The van der Waals surface area contributed by atoms with Gasteiger partial charge in [0.05, 0.1) is 4.90 Å². The first-order valence-corrected chi connectivity index (χ1v) is 8.57. The maximum absolute atomic E-state index is 12.2. The third-order valence-corrected chi connectivity index (χ3v) is 5.00. The summed E-state index contributed by atoms with van der Waals surface area (Å²) in [5.41, 5.74) is 1.11. The van der Waals surface area contributed by atoms with Crippen molar-refractivity contribution in [2.45, 2.75) is 24.3 Å². The summed E-state index contributed by atoms with van der Waals surface area (Å²) in [7, 11) is -3.47. The highest BCUT2D eigenvalue weighted by Crippen LogP contribution is 2.15. The predicted octanol–water partition coefficient (Wildman–Crippen LogP) is 3.36. The van der Waals surface area contributed by atoms with E-state index in [9.17, 15) is 8.42 Å². The van der Waals surface area contributed by atoms with E-state index in [1.165, 1.54) is 0 Å². The van der Waals surface area contributed by atoms with Crippen LogP contribution in [0, 0.1) is 0 Å². The van der Waals surface area contributed by atoms with Crippen molar-refractivity contribution in [1.82, 2.24) is 4.72 Å². The molecule has 0 bridgehead atoms. The predicted molar refractivity (Wildman–Crippen MR) is 84.1 cm³/mol. The summed E-state index contributed by atoms with van der Waals surface area (Å²) in [5.74, 6) is 0. The largest absolute Gasteiger partial charge is 0.240 e. The maximum Gasteiger partial charge on any atom is 0.240 e. The quantitative estimate of drug-likeness (QED) is 0.895. The Hall–Kier alpha value is -1.17. The maximum atomic E-state index is 12.2. The minimum absolute atomic E-state index is 0.161. The normalized spacial score (nSPS) is 13.1. The second kappa shape index (κ2) is 6.52. The van der Waals surface area contributed by atoms with E-state index < -0.39 is 10.0 Å². The van der Waals surface area contributed by atoms with Gasteiger partial charge in [-0.05, 0) is 43.2 Å². The number of halogens is 1. The van der Waals surface area contributed by atoms with E-state index in [1.54, 1.807) is 24.3 Å². The Morgan fingerprint density at radius 2 is 1.65 bits per heavy atom. The molecule has 2 aromatic rings. The van der Waals surface area contributed by atoms with Crippen LogP contribution in [0.15, 0.2) is 64.0 Å². The van der Waals surface area contributed by atoms with Gasteiger partial charge < -0.3 is 0 Å². The van der Waals surface area contributed by atoms with E-state index in [0.717, 1.165) is 10.0 Å². The highest BCUT2D eigenvalue weighted by Gasteiger charge is 2.17. The van der Waals surface area contributed by atoms with Crippen LogP contribution in [0.25, 0.3) is 0 Å². The van der Waals surface area contributed by atoms with Crippen LogP contribution in [-0.2, 0) is 16.4 Å². The molecule has 0 saturated carbocycles. The SMILES string of the molecule is CC(Cc1ccccc1)NS(=O)(=O)c1ccc(Br)cc1. The standard InChI is InChI=1S/C15H16BrNO2S/c1-12(11-13-5-3-2-4-6-13)17-20(18,19)15-9-7-14(16)8-10-15/h2-10,12,17H,11H2,1H3. The average molecular weight is 354 g/mol. The molecule has 106 valence electrons. The lowest BCUT2D eigenvalue weighted by atomic mass is 10.1. The van der Waals surface area contributed by atoms with Gasteiger partial charge in [0, 0.05) is 10.5 Å². The number of benzene rings is 2. The Morgan fingerprint density at radius 3 is 2.25 bits per heavy atom. The van der Waals surface area contributed by atoms with Gasteiger partial charge in [0.2, 0.25) is 10.0 Å². The van der Waals surface area contributed by atoms with Gasteiger partial charge >= 0.3 is 0 Å². The first-order chi connectivity index (χ1) is 9.47. The Labute approximate surface area is 128 Å². The van der Waals surface area contributed by atoms with Gasteiger partial charge in [0.25, 0.3) is 0 Å². The minimum atomic E-state index is -3.47. The number of rotatable bonds is 5. The van der Waals surface area contributed by atoms with Crippen molar-refractivity contribution >= 4 is 26.0 Å². The molecule has 2 rings (SSSR count). The minimum Gasteiger partial charge on any atom is -0.208 e. The Bertz CT molecular complexity index is 654. The van der Waals surface area contributed by atoms with Crippen molar-refractivity contribution in [3.8, 4) is 0 Å². The lowest BCUT2D eigenvalue weighted by Crippen LogP contribution is -2.34. The van der Waals surface area contributed by atoms with Crippen molar-refractivity contribution in [3.05, 3.63) is 64.6 Å². The number of sulfonamides is 1. The molecule has 0 aliphatic carbocycles. The lowest BCUT2D eigenvalue weighted by molar-refractivity contribution is 0.560. The molecule has 0 radical (unpaired) electrons. The molecule has 0 saturated heterocycles. The van der Waals surface area contributed by atoms with Crippen LogP contribution in [-0.4, -0.2) is 14.5 Å². The molecule has 0 fully saturated rings. The molecule has 1 atom stereocenters. The summed E-state index contributed by atoms with van der Waals surface area (Å²) >= 11 is 3.29. The van der Waals surface area contributed by atoms with Crippen molar-refractivity contribution in [1.29, 1.82) is 0 Å². The summed E-state index contributed by atoms with van der Waals surface area (Å²) in [6.07, 6.45) is 0.663. The number of hydrogen-bond donors (Lipinski definition) is 1. The smallest absolute Gasteiger partial charge is 0.208 e. The average Bonchev–Trinajstić information content (AvgIpc) is 2.39. The molecule has 0 amide bonds. The monoisotopic (exact) mass is 353 g/mol. The van der Waals surface area contributed by atoms with Gasteiger partial charge in [-0.3, -0.25) is 0 Å². The van der Waals surface area contributed by atoms with Crippen LogP contribution in [0.3, 0.4) is 0 Å². The Morgan fingerprint density at radius 1 is 1.05 bits per heavy atom. The summed E-state index contributed by atoms with van der Waals surface area (Å²) < 4.78 is 28.0. The second-order valence-corrected chi connectivity index (χ2v) is 7.30. The molecule has 1 unspecified atom stereocenters. The molecule has 0 aliphatic rings. The van der Waals surface area contributed by atoms with Crippen LogP contribution in [0.4, 0.5) is 0 Å². The summed E-state index contributed by atoms with van der Waals surface area (Å²) in [6.45, 7) is 1.86. The topological polar surface area (TPSA) is 46.2 Å². The first-order valence-electron chi connectivity index (χ1n) is 6.29. The zero-order valence-electron chi connectivity index (χ0n) is 11.1. The van der Waals surface area contributed by atoms with Gasteiger partial charge in [-0.1, -0.05) is 46.3 Å². The molecule has 0 spiro atoms. The molecule has 20 heavy (non-hydrogen) atoms. The lowest BCUT2D eigenvalue weighted by Gasteiger charge is -2.14. The highest BCUT2D eigenvalue weighted by atomic mass is 79.9.